The fraction of sp³-hybridized carbons (Fsp3) is 0.641. The van der Waals surface area contributed by atoms with Crippen LogP contribution in [0.3, 0.4) is 0 Å². The molecule has 0 radical (unpaired) electrons. The zero-order valence-corrected chi connectivity index (χ0v) is 57.8. The van der Waals surface area contributed by atoms with Crippen LogP contribution in [-0.2, 0) is 25.7 Å². The van der Waals surface area contributed by atoms with Crippen molar-refractivity contribution in [3.8, 4) is 17.2 Å². The van der Waals surface area contributed by atoms with Crippen LogP contribution in [0.25, 0.3) is 0 Å². The molecule has 4 aromatic rings. The first-order valence-electron chi connectivity index (χ1n) is 36.8. The van der Waals surface area contributed by atoms with E-state index in [9.17, 15) is 19.2 Å². The van der Waals surface area contributed by atoms with Crippen molar-refractivity contribution in [2.75, 3.05) is 133 Å². The van der Waals surface area contributed by atoms with Gasteiger partial charge in [0.15, 0.2) is 0 Å². The number of amides is 4. The minimum Gasteiger partial charge on any atom is -0.494 e. The average molecular weight is 1290 g/mol. The molecule has 512 valence electrons. The molecule has 9 heterocycles. The number of unbranched alkanes of at least 4 members (excludes halogenated alkanes) is 6. The van der Waals surface area contributed by atoms with Crippen LogP contribution in [-0.4, -0.2) is 184 Å². The largest absolute Gasteiger partial charge is 0.494 e. The molecular weight excluding hydrogens is 1170 g/mol. The molecule has 9 fully saturated rings. The predicted molar refractivity (Wildman–Crippen MR) is 377 cm³/mol. The topological polar surface area (TPSA) is 134 Å². The van der Waals surface area contributed by atoms with Crippen LogP contribution >= 0.6 is 0 Å². The average Bonchev–Trinajstić information content (AvgIpc) is 1.64. The lowest BCUT2D eigenvalue weighted by Gasteiger charge is -2.24. The zero-order chi connectivity index (χ0) is 65.3. The summed E-state index contributed by atoms with van der Waals surface area (Å²) in [6.07, 6.45) is 23.8. The van der Waals surface area contributed by atoms with Crippen LogP contribution < -0.4 is 34.2 Å². The second-order valence-corrected chi connectivity index (χ2v) is 29.8. The van der Waals surface area contributed by atoms with Gasteiger partial charge >= 0.3 is 0 Å². The minimum absolute atomic E-state index is 0.0786. The lowest BCUT2D eigenvalue weighted by atomic mass is 9.86. The molecule has 16 heteroatoms. The van der Waals surface area contributed by atoms with E-state index >= 15 is 0 Å². The highest BCUT2D eigenvalue weighted by Crippen LogP contribution is 2.45. The molecule has 9 saturated heterocycles. The van der Waals surface area contributed by atoms with Gasteiger partial charge in [0.1, 0.15) is 17.2 Å². The Hall–Kier alpha value is -6.04. The summed E-state index contributed by atoms with van der Waals surface area (Å²) in [4.78, 5) is 67.8. The van der Waals surface area contributed by atoms with Crippen LogP contribution in [0.15, 0.2) is 103 Å². The van der Waals surface area contributed by atoms with Crippen molar-refractivity contribution in [3.63, 3.8) is 0 Å². The predicted octanol–water partition coefficient (Wildman–Crippen LogP) is 12.5. The van der Waals surface area contributed by atoms with Gasteiger partial charge in [0.05, 0.1) is 19.8 Å². The minimum atomic E-state index is -0.0786. The van der Waals surface area contributed by atoms with Crippen molar-refractivity contribution in [3.05, 3.63) is 109 Å². The number of benzene rings is 4. The second-order valence-electron chi connectivity index (χ2n) is 29.8. The van der Waals surface area contributed by atoms with E-state index in [0.717, 1.165) is 163 Å². The van der Waals surface area contributed by atoms with E-state index in [1.165, 1.54) is 122 Å². The number of ether oxygens (including phenoxy) is 3. The molecule has 16 nitrogen and oxygen atoms in total. The molecule has 3 spiro atoms. The Kier molecular flexibility index (Phi) is 24.5. The summed E-state index contributed by atoms with van der Waals surface area (Å²) >= 11 is 0. The maximum Gasteiger partial charge on any atom is 0.227 e. The summed E-state index contributed by atoms with van der Waals surface area (Å²) in [6.45, 7) is 27.3. The summed E-state index contributed by atoms with van der Waals surface area (Å²) in [5, 5.41) is 3.41. The summed E-state index contributed by atoms with van der Waals surface area (Å²) < 4.78 is 17.8. The zero-order valence-electron chi connectivity index (χ0n) is 57.8. The molecule has 13 rings (SSSR count). The smallest absolute Gasteiger partial charge is 0.227 e. The van der Waals surface area contributed by atoms with Crippen molar-refractivity contribution >= 4 is 40.7 Å². The molecule has 9 aliphatic rings. The first kappa shape index (κ1) is 69.3. The van der Waals surface area contributed by atoms with E-state index in [2.05, 4.69) is 88.2 Å². The quantitative estimate of drug-likeness (QED) is 0.0600. The number of hydrogen-bond acceptors (Lipinski definition) is 12. The molecular formula is C78H113N9O7. The Balaban J connectivity index is 0.000000145. The summed E-state index contributed by atoms with van der Waals surface area (Å²) in [5.74, 6) is 3.44. The van der Waals surface area contributed by atoms with Crippen LogP contribution in [0.4, 0.5) is 17.1 Å². The van der Waals surface area contributed by atoms with Crippen molar-refractivity contribution in [2.45, 2.75) is 187 Å². The van der Waals surface area contributed by atoms with Crippen molar-refractivity contribution in [2.24, 2.45) is 16.2 Å². The maximum atomic E-state index is 12.9. The van der Waals surface area contributed by atoms with Gasteiger partial charge in [-0.15, -0.1) is 0 Å². The Morgan fingerprint density at radius 2 is 0.862 bits per heavy atom. The molecule has 4 aromatic carbocycles. The van der Waals surface area contributed by atoms with E-state index in [0.29, 0.717) is 32.4 Å². The molecule has 6 atom stereocenters. The molecule has 4 amide bonds. The Morgan fingerprint density at radius 1 is 0.457 bits per heavy atom. The standard InChI is InChI=1S/C30H41N3O2.C25H37N3O3.C23H35N3O2/c1-25-9-8-18-32(25)17-6-3-7-20-35-28-14-12-27(13-15-28)33-24-30(21-29(33)34)16-19-31(23-30)22-26-10-4-2-5-11-26;1-20-7-6-14-26(20)13-4-3-5-16-31-23-10-8-22(9-11-23)28-19-25(17-24(28)30)12-15-27(18-25)21(2)29;1-19-6-5-14-25(19)13-3-2-4-15-28-21-9-7-20(8-10-21)26-18-23(16-22(26)27)11-12-24-17-23/h2,4-5,10-15,25H,3,6-9,16-24H2,1H3;8-11,20H,3-7,12-19H2,1-2H3;7-10,19,24H,2-6,11-18H2,1H3. The normalized spacial score (nSPS) is 26.4. The fourth-order valence-electron chi connectivity index (χ4n) is 16.7. The number of nitrogens with one attached hydrogen (secondary N) is 1. The van der Waals surface area contributed by atoms with Gasteiger partial charge in [0, 0.05) is 130 Å². The lowest BCUT2D eigenvalue weighted by Crippen LogP contribution is -2.33. The van der Waals surface area contributed by atoms with Gasteiger partial charge in [-0.1, -0.05) is 30.3 Å². The van der Waals surface area contributed by atoms with Gasteiger partial charge < -0.3 is 53.8 Å². The summed E-state index contributed by atoms with van der Waals surface area (Å²) in [5.41, 5.74) is 4.44. The van der Waals surface area contributed by atoms with Gasteiger partial charge in [-0.05, 0) is 267 Å². The van der Waals surface area contributed by atoms with E-state index < -0.39 is 0 Å². The molecule has 0 aromatic heterocycles. The van der Waals surface area contributed by atoms with Crippen LogP contribution in [0.1, 0.15) is 168 Å². The highest BCUT2D eigenvalue weighted by atomic mass is 16.5. The van der Waals surface area contributed by atoms with Crippen LogP contribution in [0.5, 0.6) is 17.2 Å². The van der Waals surface area contributed by atoms with Crippen molar-refractivity contribution < 1.29 is 33.4 Å². The van der Waals surface area contributed by atoms with Gasteiger partial charge in [-0.25, -0.2) is 0 Å². The maximum absolute atomic E-state index is 12.9. The van der Waals surface area contributed by atoms with Crippen molar-refractivity contribution in [1.29, 1.82) is 0 Å². The van der Waals surface area contributed by atoms with Gasteiger partial charge in [0.25, 0.3) is 0 Å². The second kappa shape index (κ2) is 33.3. The van der Waals surface area contributed by atoms with Crippen LogP contribution in [0.2, 0.25) is 0 Å². The molecule has 0 saturated carbocycles. The molecule has 94 heavy (non-hydrogen) atoms. The van der Waals surface area contributed by atoms with Gasteiger partial charge in [-0.3, -0.25) is 24.1 Å². The summed E-state index contributed by atoms with van der Waals surface area (Å²) in [6, 6.07) is 37.1. The van der Waals surface area contributed by atoms with E-state index in [4.69, 9.17) is 14.2 Å². The molecule has 9 aliphatic heterocycles. The highest BCUT2D eigenvalue weighted by molar-refractivity contribution is 5.98. The molecule has 1 N–H and O–H groups in total. The fourth-order valence-corrected chi connectivity index (χ4v) is 16.7. The molecule has 6 unspecified atom stereocenters. The number of anilines is 3. The third kappa shape index (κ3) is 18.7. The first-order valence-corrected chi connectivity index (χ1v) is 36.8. The summed E-state index contributed by atoms with van der Waals surface area (Å²) in [7, 11) is 0. The number of nitrogens with zero attached hydrogens (tertiary/aromatic N) is 8. The van der Waals surface area contributed by atoms with Crippen LogP contribution in [0, 0.1) is 16.2 Å². The number of carbonyl (C=O) groups is 4. The van der Waals surface area contributed by atoms with E-state index in [1.54, 1.807) is 6.92 Å². The molecule has 0 aliphatic carbocycles. The van der Waals surface area contributed by atoms with E-state index in [1.807, 2.05) is 80.3 Å². The third-order valence-electron chi connectivity index (χ3n) is 22.5. The highest BCUT2D eigenvalue weighted by Gasteiger charge is 2.50. The van der Waals surface area contributed by atoms with Gasteiger partial charge in [0.2, 0.25) is 23.6 Å². The molecule has 0 bridgehead atoms. The number of hydrogen-bond donors (Lipinski definition) is 1. The first-order chi connectivity index (χ1) is 45.7. The Morgan fingerprint density at radius 3 is 1.24 bits per heavy atom. The lowest BCUT2D eigenvalue weighted by molar-refractivity contribution is -0.128. The Bertz CT molecular complexity index is 3040. The monoisotopic (exact) mass is 1290 g/mol. The third-order valence-corrected chi connectivity index (χ3v) is 22.5. The Labute approximate surface area is 563 Å². The van der Waals surface area contributed by atoms with Gasteiger partial charge in [-0.2, -0.15) is 0 Å². The number of rotatable bonds is 26. The number of likely N-dealkylation sites (tertiary alicyclic amines) is 5. The SMILES string of the molecule is CC(=O)N1CCC2(CC(=O)N(c3ccc(OCCCCCN4CCCC4C)cc3)C2)C1.CC1CCCN1CCCCCOc1ccc(N2CC3(CCN(Cc4ccccc4)C3)CC2=O)cc1.CC1CCCN1CCCCCOc1ccc(N2CC3(CCNC3)CC2=O)cc1. The van der Waals surface area contributed by atoms with Crippen molar-refractivity contribution in [1.82, 2.24) is 29.8 Å². The number of carbonyl (C=O) groups excluding carboxylic acids is 4. The van der Waals surface area contributed by atoms with E-state index in [-0.39, 0.29) is 39.9 Å².